The summed E-state index contributed by atoms with van der Waals surface area (Å²) in [6, 6.07) is 1.51. The van der Waals surface area contributed by atoms with Crippen LogP contribution in [0.15, 0.2) is 23.7 Å². The molecule has 0 spiro atoms. The number of allylic oxidation sites excluding steroid dienone is 1. The van der Waals surface area contributed by atoms with Crippen LogP contribution in [0.1, 0.15) is 24.4 Å². The second-order valence-electron chi connectivity index (χ2n) is 4.92. The van der Waals surface area contributed by atoms with Crippen LogP contribution in [0, 0.1) is 6.92 Å². The van der Waals surface area contributed by atoms with Gasteiger partial charge in [0.15, 0.2) is 0 Å². The molecule has 2 aromatic heterocycles. The number of aromatic nitrogens is 5. The number of aryl methyl sites for hydroxylation is 2. The topological polar surface area (TPSA) is 86.9 Å². The lowest BCUT2D eigenvalue weighted by Crippen LogP contribution is -2.30. The summed E-state index contributed by atoms with van der Waals surface area (Å²) in [5.41, 5.74) is 2.92. The molecule has 3 heterocycles. The Balaban J connectivity index is 2.22. The first kappa shape index (κ1) is 13.3. The third-order valence-corrected chi connectivity index (χ3v) is 3.52. The summed E-state index contributed by atoms with van der Waals surface area (Å²) in [7, 11) is 3.20. The highest BCUT2D eigenvalue weighted by atomic mass is 16.5. The molecule has 3 rings (SSSR count). The number of anilines is 1. The van der Waals surface area contributed by atoms with Crippen LogP contribution in [0.25, 0.3) is 0 Å². The van der Waals surface area contributed by atoms with Gasteiger partial charge in [-0.1, -0.05) is 0 Å². The highest BCUT2D eigenvalue weighted by Crippen LogP contribution is 2.34. The number of rotatable bonds is 2. The summed E-state index contributed by atoms with van der Waals surface area (Å²) in [6.07, 6.45) is 1.45. The van der Waals surface area contributed by atoms with Gasteiger partial charge in [-0.3, -0.25) is 4.68 Å². The van der Waals surface area contributed by atoms with Crippen molar-refractivity contribution in [3.05, 3.63) is 35.1 Å². The molecule has 0 fully saturated rings. The Morgan fingerprint density at radius 3 is 2.81 bits per heavy atom. The minimum absolute atomic E-state index is 0.398. The molecule has 0 amide bonds. The summed E-state index contributed by atoms with van der Waals surface area (Å²) >= 11 is 0. The second kappa shape index (κ2) is 4.72. The standard InChI is InChI=1S/C13H16N6O2/c1-7-5-9(18(3)17-7)11-10(12(20)21-4)8(2)16-13-14-6-15-19(11)13/h5-6,11H,1-4H3,(H,14,15,16)/t11-/m0/s1. The quantitative estimate of drug-likeness (QED) is 0.822. The Kier molecular flexibility index (Phi) is 3.00. The van der Waals surface area contributed by atoms with Crippen molar-refractivity contribution < 1.29 is 9.53 Å². The second-order valence-corrected chi connectivity index (χ2v) is 4.92. The van der Waals surface area contributed by atoms with E-state index in [0.29, 0.717) is 17.2 Å². The molecular formula is C13H16N6O2. The average molecular weight is 288 g/mol. The molecule has 0 saturated heterocycles. The Bertz CT molecular complexity index is 742. The zero-order valence-corrected chi connectivity index (χ0v) is 12.3. The van der Waals surface area contributed by atoms with Crippen LogP contribution in [0.3, 0.4) is 0 Å². The molecule has 0 aliphatic carbocycles. The number of nitrogens with one attached hydrogen (secondary N) is 1. The van der Waals surface area contributed by atoms with Crippen molar-refractivity contribution in [1.29, 1.82) is 0 Å². The van der Waals surface area contributed by atoms with Crippen LogP contribution in [0.2, 0.25) is 0 Å². The van der Waals surface area contributed by atoms with Gasteiger partial charge < -0.3 is 10.1 Å². The van der Waals surface area contributed by atoms with E-state index in [0.717, 1.165) is 11.4 Å². The molecule has 0 bridgehead atoms. The maximum atomic E-state index is 12.2. The van der Waals surface area contributed by atoms with Crippen LogP contribution in [0.4, 0.5) is 5.95 Å². The maximum Gasteiger partial charge on any atom is 0.338 e. The molecule has 0 aromatic carbocycles. The van der Waals surface area contributed by atoms with E-state index < -0.39 is 12.0 Å². The summed E-state index contributed by atoms with van der Waals surface area (Å²) in [6.45, 7) is 3.72. The van der Waals surface area contributed by atoms with Crippen LogP contribution in [-0.2, 0) is 16.6 Å². The fraction of sp³-hybridized carbons (Fsp3) is 0.385. The van der Waals surface area contributed by atoms with Crippen molar-refractivity contribution in [3.63, 3.8) is 0 Å². The van der Waals surface area contributed by atoms with Crippen molar-refractivity contribution >= 4 is 11.9 Å². The Morgan fingerprint density at radius 1 is 1.43 bits per heavy atom. The molecule has 8 nitrogen and oxygen atoms in total. The minimum atomic E-state index is -0.414. The van der Waals surface area contributed by atoms with Gasteiger partial charge in [0.1, 0.15) is 12.4 Å². The fourth-order valence-electron chi connectivity index (χ4n) is 2.63. The molecule has 1 aliphatic rings. The number of esters is 1. The van der Waals surface area contributed by atoms with Gasteiger partial charge in [-0.25, -0.2) is 9.48 Å². The van der Waals surface area contributed by atoms with Gasteiger partial charge in [-0.2, -0.15) is 15.2 Å². The zero-order chi connectivity index (χ0) is 15.1. The van der Waals surface area contributed by atoms with E-state index in [9.17, 15) is 4.79 Å². The van der Waals surface area contributed by atoms with E-state index in [1.807, 2.05) is 27.0 Å². The number of methoxy groups -OCH3 is 1. The number of ether oxygens (including phenoxy) is 1. The lowest BCUT2D eigenvalue weighted by atomic mass is 10.00. The molecule has 0 radical (unpaired) electrons. The molecule has 8 heteroatoms. The molecule has 0 unspecified atom stereocenters. The molecular weight excluding hydrogens is 272 g/mol. The average Bonchev–Trinajstić information content (AvgIpc) is 3.02. The summed E-state index contributed by atoms with van der Waals surface area (Å²) in [5.74, 6) is 0.189. The van der Waals surface area contributed by atoms with E-state index >= 15 is 0 Å². The first-order valence-corrected chi connectivity index (χ1v) is 6.49. The van der Waals surface area contributed by atoms with E-state index in [1.54, 1.807) is 9.36 Å². The predicted octanol–water partition coefficient (Wildman–Crippen LogP) is 0.782. The molecule has 0 saturated carbocycles. The van der Waals surface area contributed by atoms with Crippen molar-refractivity contribution in [2.75, 3.05) is 12.4 Å². The van der Waals surface area contributed by atoms with Crippen LogP contribution < -0.4 is 5.32 Å². The lowest BCUT2D eigenvalue weighted by Gasteiger charge is -2.27. The third-order valence-electron chi connectivity index (χ3n) is 3.52. The predicted molar refractivity (Wildman–Crippen MR) is 74.4 cm³/mol. The number of carbonyl (C=O) groups excluding carboxylic acids is 1. The van der Waals surface area contributed by atoms with Gasteiger partial charge in [0.05, 0.1) is 24.1 Å². The molecule has 2 aromatic rings. The molecule has 1 aliphatic heterocycles. The largest absolute Gasteiger partial charge is 0.466 e. The number of hydrogen-bond donors (Lipinski definition) is 1. The van der Waals surface area contributed by atoms with Crippen molar-refractivity contribution in [3.8, 4) is 0 Å². The van der Waals surface area contributed by atoms with E-state index in [4.69, 9.17) is 4.74 Å². The minimum Gasteiger partial charge on any atom is -0.466 e. The maximum absolute atomic E-state index is 12.2. The lowest BCUT2D eigenvalue weighted by molar-refractivity contribution is -0.136. The van der Waals surface area contributed by atoms with Gasteiger partial charge in [0.25, 0.3) is 0 Å². The third kappa shape index (κ3) is 1.99. The first-order chi connectivity index (χ1) is 10.0. The number of fused-ring (bicyclic) bond motifs is 1. The smallest absolute Gasteiger partial charge is 0.338 e. The Labute approximate surface area is 121 Å². The highest BCUT2D eigenvalue weighted by Gasteiger charge is 2.35. The van der Waals surface area contributed by atoms with Crippen LogP contribution >= 0.6 is 0 Å². The fourth-order valence-corrected chi connectivity index (χ4v) is 2.63. The summed E-state index contributed by atoms with van der Waals surface area (Å²) in [4.78, 5) is 16.4. The van der Waals surface area contributed by atoms with Crippen LogP contribution in [0.5, 0.6) is 0 Å². The van der Waals surface area contributed by atoms with Crippen molar-refractivity contribution in [2.45, 2.75) is 19.9 Å². The normalized spacial score (nSPS) is 17.4. The highest BCUT2D eigenvalue weighted by molar-refractivity contribution is 5.92. The van der Waals surface area contributed by atoms with Gasteiger partial charge in [0.2, 0.25) is 5.95 Å². The van der Waals surface area contributed by atoms with E-state index in [-0.39, 0.29) is 0 Å². The Morgan fingerprint density at radius 2 is 2.19 bits per heavy atom. The van der Waals surface area contributed by atoms with E-state index in [2.05, 4.69) is 20.5 Å². The number of hydrogen-bond acceptors (Lipinski definition) is 6. The van der Waals surface area contributed by atoms with Gasteiger partial charge >= 0.3 is 5.97 Å². The molecule has 1 N–H and O–H groups in total. The van der Waals surface area contributed by atoms with Crippen molar-refractivity contribution in [2.24, 2.45) is 7.05 Å². The molecule has 21 heavy (non-hydrogen) atoms. The van der Waals surface area contributed by atoms with E-state index in [1.165, 1.54) is 13.4 Å². The van der Waals surface area contributed by atoms with Gasteiger partial charge in [-0.15, -0.1) is 0 Å². The summed E-state index contributed by atoms with van der Waals surface area (Å²) < 4.78 is 8.33. The van der Waals surface area contributed by atoms with Gasteiger partial charge in [-0.05, 0) is 19.9 Å². The van der Waals surface area contributed by atoms with Crippen molar-refractivity contribution in [1.82, 2.24) is 24.5 Å². The SMILES string of the molecule is COC(=O)C1=C(C)Nc2ncnn2[C@H]1c1cc(C)nn1C. The van der Waals surface area contributed by atoms with Gasteiger partial charge in [0, 0.05) is 12.7 Å². The number of nitrogens with zero attached hydrogens (tertiary/aromatic N) is 5. The molecule has 1 atom stereocenters. The monoisotopic (exact) mass is 288 g/mol. The molecule has 110 valence electrons. The Hall–Kier alpha value is -2.64. The zero-order valence-electron chi connectivity index (χ0n) is 12.3. The summed E-state index contributed by atoms with van der Waals surface area (Å²) in [5, 5.41) is 11.6. The number of carbonyl (C=O) groups is 1. The van der Waals surface area contributed by atoms with Crippen LogP contribution in [-0.4, -0.2) is 37.6 Å². The first-order valence-electron chi connectivity index (χ1n) is 6.49.